The van der Waals surface area contributed by atoms with E-state index in [0.717, 1.165) is 13.1 Å². The molecule has 0 bridgehead atoms. The Balaban J connectivity index is 2.51. The number of carbonyl (C=O) groups is 1. The van der Waals surface area contributed by atoms with Gasteiger partial charge in [0.2, 0.25) is 0 Å². The molecule has 0 unspecified atom stereocenters. The summed E-state index contributed by atoms with van der Waals surface area (Å²) in [6.45, 7) is 10.5. The number of rotatable bonds is 3. The van der Waals surface area contributed by atoms with Gasteiger partial charge in [-0.15, -0.1) is 0 Å². The number of amides is 1. The van der Waals surface area contributed by atoms with Crippen LogP contribution >= 0.6 is 12.2 Å². The molecule has 1 saturated heterocycles. The van der Waals surface area contributed by atoms with Crippen molar-refractivity contribution in [3.05, 3.63) is 0 Å². The number of hydrogen-bond donors (Lipinski definition) is 1. The topological polar surface area (TPSA) is 58.8 Å². The molecule has 1 rings (SSSR count). The van der Waals surface area contributed by atoms with Gasteiger partial charge in [-0.25, -0.2) is 4.79 Å². The molecule has 0 radical (unpaired) electrons. The van der Waals surface area contributed by atoms with E-state index in [-0.39, 0.29) is 17.7 Å². The summed E-state index contributed by atoms with van der Waals surface area (Å²) in [5.74, 6) is 0. The van der Waals surface area contributed by atoms with Crippen LogP contribution in [0.5, 0.6) is 0 Å². The van der Waals surface area contributed by atoms with Gasteiger partial charge in [-0.2, -0.15) is 0 Å². The van der Waals surface area contributed by atoms with E-state index < -0.39 is 0 Å². The molecule has 0 saturated carbocycles. The Morgan fingerprint density at radius 3 is 2.17 bits per heavy atom. The number of piperazine rings is 1. The Bertz CT molecular complexity index is 323. The molecule has 1 aliphatic heterocycles. The summed E-state index contributed by atoms with van der Waals surface area (Å²) in [7, 11) is 0. The molecule has 1 aliphatic rings. The van der Waals surface area contributed by atoms with Gasteiger partial charge in [0.1, 0.15) is 0 Å². The van der Waals surface area contributed by atoms with E-state index in [1.54, 1.807) is 4.90 Å². The first-order valence-corrected chi connectivity index (χ1v) is 6.66. The van der Waals surface area contributed by atoms with E-state index in [1.165, 1.54) is 0 Å². The van der Waals surface area contributed by atoms with Crippen LogP contribution in [0.1, 0.15) is 27.7 Å². The van der Waals surface area contributed by atoms with Crippen molar-refractivity contribution in [1.29, 1.82) is 0 Å². The fourth-order valence-corrected chi connectivity index (χ4v) is 2.01. The maximum Gasteiger partial charge on any atom is 0.410 e. The van der Waals surface area contributed by atoms with Gasteiger partial charge in [-0.1, -0.05) is 12.2 Å². The second kappa shape index (κ2) is 5.84. The molecule has 0 aromatic heterocycles. The van der Waals surface area contributed by atoms with Crippen molar-refractivity contribution >= 4 is 23.3 Å². The predicted octanol–water partition coefficient (Wildman–Crippen LogP) is 1.21. The molecule has 1 amide bonds. The van der Waals surface area contributed by atoms with E-state index in [0.29, 0.717) is 18.1 Å². The lowest BCUT2D eigenvalue weighted by Crippen LogP contribution is -2.60. The van der Waals surface area contributed by atoms with Crippen LogP contribution in [0.2, 0.25) is 0 Å². The minimum absolute atomic E-state index is 0.0800. The standard InChI is InChI=1S/C12H23N3O2S/c1-9(2)17-11(16)14-5-7-15(8-6-14)12(3,4)10(13)18/h9H,5-8H2,1-4H3,(H2,13,18). The zero-order valence-electron chi connectivity index (χ0n) is 11.6. The van der Waals surface area contributed by atoms with Gasteiger partial charge in [0.05, 0.1) is 16.6 Å². The largest absolute Gasteiger partial charge is 0.447 e. The smallest absolute Gasteiger partial charge is 0.410 e. The van der Waals surface area contributed by atoms with Crippen molar-refractivity contribution in [2.45, 2.75) is 39.3 Å². The van der Waals surface area contributed by atoms with Crippen molar-refractivity contribution in [3.63, 3.8) is 0 Å². The van der Waals surface area contributed by atoms with Crippen LogP contribution in [0.25, 0.3) is 0 Å². The highest BCUT2D eigenvalue weighted by Gasteiger charge is 2.33. The monoisotopic (exact) mass is 273 g/mol. The lowest BCUT2D eigenvalue weighted by molar-refractivity contribution is 0.0445. The Morgan fingerprint density at radius 1 is 1.28 bits per heavy atom. The van der Waals surface area contributed by atoms with Gasteiger partial charge in [0.25, 0.3) is 0 Å². The molecule has 104 valence electrons. The second-order valence-corrected chi connectivity index (χ2v) is 5.77. The Labute approximate surface area is 114 Å². The van der Waals surface area contributed by atoms with Crippen LogP contribution in [0, 0.1) is 0 Å². The van der Waals surface area contributed by atoms with Crippen molar-refractivity contribution in [2.75, 3.05) is 26.2 Å². The van der Waals surface area contributed by atoms with Gasteiger partial charge >= 0.3 is 6.09 Å². The normalized spacial score (nSPS) is 17.9. The highest BCUT2D eigenvalue weighted by atomic mass is 32.1. The van der Waals surface area contributed by atoms with Crippen LogP contribution in [0.4, 0.5) is 4.79 Å². The maximum atomic E-state index is 11.7. The van der Waals surface area contributed by atoms with Crippen molar-refractivity contribution in [2.24, 2.45) is 5.73 Å². The van der Waals surface area contributed by atoms with Gasteiger partial charge in [-0.3, -0.25) is 4.90 Å². The summed E-state index contributed by atoms with van der Waals surface area (Å²) >= 11 is 5.08. The van der Waals surface area contributed by atoms with E-state index in [2.05, 4.69) is 4.90 Å². The Morgan fingerprint density at radius 2 is 1.78 bits per heavy atom. The Hall–Kier alpha value is -0.880. The average molecular weight is 273 g/mol. The number of ether oxygens (including phenoxy) is 1. The number of hydrogen-bond acceptors (Lipinski definition) is 4. The highest BCUT2D eigenvalue weighted by molar-refractivity contribution is 7.80. The van der Waals surface area contributed by atoms with Crippen molar-refractivity contribution in [1.82, 2.24) is 9.80 Å². The molecule has 2 N–H and O–H groups in total. The zero-order chi connectivity index (χ0) is 13.9. The first-order chi connectivity index (χ1) is 8.25. The zero-order valence-corrected chi connectivity index (χ0v) is 12.4. The van der Waals surface area contributed by atoms with Crippen LogP contribution in [0.15, 0.2) is 0 Å². The summed E-state index contributed by atoms with van der Waals surface area (Å²) in [5.41, 5.74) is 5.44. The summed E-state index contributed by atoms with van der Waals surface area (Å²) in [5, 5.41) is 0. The van der Waals surface area contributed by atoms with Crippen LogP contribution < -0.4 is 5.73 Å². The molecule has 0 aromatic carbocycles. The van der Waals surface area contributed by atoms with E-state index in [1.807, 2.05) is 27.7 Å². The molecular weight excluding hydrogens is 250 g/mol. The molecule has 5 nitrogen and oxygen atoms in total. The first-order valence-electron chi connectivity index (χ1n) is 6.25. The van der Waals surface area contributed by atoms with Crippen LogP contribution in [-0.4, -0.2) is 58.7 Å². The summed E-state index contributed by atoms with van der Waals surface area (Å²) in [6.07, 6.45) is -0.318. The second-order valence-electron chi connectivity index (χ2n) is 5.33. The fraction of sp³-hybridized carbons (Fsp3) is 0.833. The minimum Gasteiger partial charge on any atom is -0.447 e. The van der Waals surface area contributed by atoms with Crippen LogP contribution in [-0.2, 0) is 4.74 Å². The molecule has 0 spiro atoms. The van der Waals surface area contributed by atoms with E-state index in [4.69, 9.17) is 22.7 Å². The molecule has 1 heterocycles. The van der Waals surface area contributed by atoms with Crippen molar-refractivity contribution < 1.29 is 9.53 Å². The average Bonchev–Trinajstić information content (AvgIpc) is 2.28. The summed E-state index contributed by atoms with van der Waals surface area (Å²) in [4.78, 5) is 16.2. The predicted molar refractivity (Wildman–Crippen MR) is 75.6 cm³/mol. The van der Waals surface area contributed by atoms with Gasteiger partial charge in [0.15, 0.2) is 0 Å². The Kier molecular flexibility index (Phi) is 4.92. The number of thiocarbonyl (C=S) groups is 1. The molecule has 0 aliphatic carbocycles. The molecule has 18 heavy (non-hydrogen) atoms. The van der Waals surface area contributed by atoms with Crippen molar-refractivity contribution in [3.8, 4) is 0 Å². The van der Waals surface area contributed by atoms with Gasteiger partial charge < -0.3 is 15.4 Å². The van der Waals surface area contributed by atoms with Crippen LogP contribution in [0.3, 0.4) is 0 Å². The lowest BCUT2D eigenvalue weighted by Gasteiger charge is -2.43. The first kappa shape index (κ1) is 15.2. The van der Waals surface area contributed by atoms with Gasteiger partial charge in [-0.05, 0) is 27.7 Å². The quantitative estimate of drug-likeness (QED) is 0.783. The SMILES string of the molecule is CC(C)OC(=O)N1CCN(C(C)(C)C(N)=S)CC1. The number of nitrogens with two attached hydrogens (primary N) is 1. The van der Waals surface area contributed by atoms with E-state index in [9.17, 15) is 4.79 Å². The molecule has 0 aromatic rings. The number of nitrogens with zero attached hydrogens (tertiary/aromatic N) is 2. The number of carbonyl (C=O) groups excluding carboxylic acids is 1. The third-order valence-electron chi connectivity index (χ3n) is 3.27. The highest BCUT2D eigenvalue weighted by Crippen LogP contribution is 2.17. The maximum absolute atomic E-state index is 11.7. The van der Waals surface area contributed by atoms with Gasteiger partial charge in [0, 0.05) is 26.2 Å². The van der Waals surface area contributed by atoms with E-state index >= 15 is 0 Å². The lowest BCUT2D eigenvalue weighted by atomic mass is 10.0. The molecule has 0 atom stereocenters. The summed E-state index contributed by atoms with van der Waals surface area (Å²) < 4.78 is 5.18. The molecule has 6 heteroatoms. The molecular formula is C12H23N3O2S. The third kappa shape index (κ3) is 3.55. The third-order valence-corrected chi connectivity index (χ3v) is 3.77. The minimum atomic E-state index is -0.302. The summed E-state index contributed by atoms with van der Waals surface area (Å²) in [6, 6.07) is 0. The fourth-order valence-electron chi connectivity index (χ4n) is 1.88. The molecule has 1 fully saturated rings.